The molecule has 0 bridgehead atoms. The highest BCUT2D eigenvalue weighted by atomic mass is 16.6. The lowest BCUT2D eigenvalue weighted by molar-refractivity contribution is -0.147. The maximum Gasteiger partial charge on any atom is 0.307 e. The third-order valence-electron chi connectivity index (χ3n) is 1.91. The number of rotatable bonds is 7. The lowest BCUT2D eigenvalue weighted by Crippen LogP contribution is -2.29. The van der Waals surface area contributed by atoms with Gasteiger partial charge in [-0.15, -0.1) is 0 Å². The number of hydrogen-bond acceptors (Lipinski definition) is 4. The largest absolute Gasteiger partial charge is 0.463 e. The summed E-state index contributed by atoms with van der Waals surface area (Å²) in [5.74, 6) is -0.175. The summed E-state index contributed by atoms with van der Waals surface area (Å²) in [6, 6.07) is 0.168. The third kappa shape index (κ3) is 9.93. The fourth-order valence-corrected chi connectivity index (χ4v) is 1.23. The summed E-state index contributed by atoms with van der Waals surface area (Å²) in [7, 11) is 0. The van der Waals surface area contributed by atoms with Crippen LogP contribution in [-0.2, 0) is 14.3 Å². The molecule has 0 radical (unpaired) electrons. The van der Waals surface area contributed by atoms with Crippen LogP contribution >= 0.6 is 0 Å². The molecule has 0 aromatic carbocycles. The maximum absolute atomic E-state index is 11.3. The predicted octanol–water partition coefficient (Wildman–Crippen LogP) is 1.73. The minimum atomic E-state index is -0.177. The fraction of sp³-hybridized carbons (Fsp3) is 0.917. The first-order valence-electron chi connectivity index (χ1n) is 5.88. The first kappa shape index (κ1) is 15.4. The van der Waals surface area contributed by atoms with E-state index in [2.05, 4.69) is 5.32 Å². The van der Waals surface area contributed by atoms with Gasteiger partial charge in [-0.25, -0.2) is 0 Å². The van der Waals surface area contributed by atoms with Crippen molar-refractivity contribution in [2.45, 2.75) is 52.7 Å². The first-order valence-corrected chi connectivity index (χ1v) is 5.88. The Hall–Kier alpha value is -0.610. The highest BCUT2D eigenvalue weighted by Gasteiger charge is 2.11. The standard InChI is InChI=1S/C12H25NO3/c1-6-13-10(2)9-11(14)15-7-8-16-12(3,4)5/h10,13H,6-9H2,1-5H3. The summed E-state index contributed by atoms with van der Waals surface area (Å²) in [5, 5.41) is 3.16. The van der Waals surface area contributed by atoms with E-state index >= 15 is 0 Å². The Balaban J connectivity index is 3.51. The van der Waals surface area contributed by atoms with Gasteiger partial charge >= 0.3 is 5.97 Å². The normalized spacial score (nSPS) is 13.6. The van der Waals surface area contributed by atoms with Crippen molar-refractivity contribution >= 4 is 5.97 Å². The van der Waals surface area contributed by atoms with E-state index in [-0.39, 0.29) is 17.6 Å². The Morgan fingerprint density at radius 1 is 1.31 bits per heavy atom. The highest BCUT2D eigenvalue weighted by molar-refractivity contribution is 5.70. The molecule has 0 aromatic rings. The second-order valence-electron chi connectivity index (χ2n) is 4.84. The second kappa shape index (κ2) is 7.63. The Kier molecular flexibility index (Phi) is 7.34. The Morgan fingerprint density at radius 3 is 2.44 bits per heavy atom. The summed E-state index contributed by atoms with van der Waals surface area (Å²) in [4.78, 5) is 11.3. The summed E-state index contributed by atoms with van der Waals surface area (Å²) in [6.45, 7) is 11.5. The summed E-state index contributed by atoms with van der Waals surface area (Å²) >= 11 is 0. The van der Waals surface area contributed by atoms with Crippen LogP contribution in [-0.4, -0.2) is 37.4 Å². The summed E-state index contributed by atoms with van der Waals surface area (Å²) < 4.78 is 10.5. The molecule has 16 heavy (non-hydrogen) atoms. The summed E-state index contributed by atoms with van der Waals surface area (Å²) in [5.41, 5.74) is -0.177. The van der Waals surface area contributed by atoms with Gasteiger partial charge < -0.3 is 14.8 Å². The molecular formula is C12H25NO3. The van der Waals surface area contributed by atoms with Crippen molar-refractivity contribution in [1.29, 1.82) is 0 Å². The molecule has 0 fully saturated rings. The van der Waals surface area contributed by atoms with Crippen LogP contribution in [0.2, 0.25) is 0 Å². The number of carbonyl (C=O) groups excluding carboxylic acids is 1. The van der Waals surface area contributed by atoms with E-state index in [0.717, 1.165) is 6.54 Å². The quantitative estimate of drug-likeness (QED) is 0.535. The van der Waals surface area contributed by atoms with E-state index in [1.807, 2.05) is 34.6 Å². The molecule has 0 aliphatic heterocycles. The fourth-order valence-electron chi connectivity index (χ4n) is 1.23. The van der Waals surface area contributed by atoms with Gasteiger partial charge in [-0.05, 0) is 34.2 Å². The van der Waals surface area contributed by atoms with Crippen molar-refractivity contribution in [2.75, 3.05) is 19.8 Å². The average Bonchev–Trinajstić information content (AvgIpc) is 2.11. The van der Waals surface area contributed by atoms with Gasteiger partial charge in [0.1, 0.15) is 6.61 Å². The van der Waals surface area contributed by atoms with Crippen LogP contribution in [0, 0.1) is 0 Å². The molecule has 0 heterocycles. The zero-order valence-electron chi connectivity index (χ0n) is 11.1. The third-order valence-corrected chi connectivity index (χ3v) is 1.91. The molecule has 4 heteroatoms. The zero-order chi connectivity index (χ0) is 12.6. The lowest BCUT2D eigenvalue weighted by Gasteiger charge is -2.19. The molecule has 0 spiro atoms. The van der Waals surface area contributed by atoms with E-state index in [1.165, 1.54) is 0 Å². The van der Waals surface area contributed by atoms with Gasteiger partial charge in [0.25, 0.3) is 0 Å². The number of esters is 1. The van der Waals surface area contributed by atoms with Crippen LogP contribution in [0.25, 0.3) is 0 Å². The molecular weight excluding hydrogens is 206 g/mol. The molecule has 0 rings (SSSR count). The van der Waals surface area contributed by atoms with Crippen LogP contribution in [0.15, 0.2) is 0 Å². The molecule has 96 valence electrons. The molecule has 1 unspecified atom stereocenters. The first-order chi connectivity index (χ1) is 7.35. The zero-order valence-corrected chi connectivity index (χ0v) is 11.1. The van der Waals surface area contributed by atoms with Gasteiger partial charge in [-0.3, -0.25) is 4.79 Å². The van der Waals surface area contributed by atoms with Crippen molar-refractivity contribution in [1.82, 2.24) is 5.32 Å². The number of hydrogen-bond donors (Lipinski definition) is 1. The SMILES string of the molecule is CCNC(C)CC(=O)OCCOC(C)(C)C. The molecule has 0 aromatic heterocycles. The van der Waals surface area contributed by atoms with Gasteiger partial charge in [0, 0.05) is 6.04 Å². The number of ether oxygens (including phenoxy) is 2. The molecule has 0 aliphatic carbocycles. The van der Waals surface area contributed by atoms with Gasteiger partial charge in [-0.1, -0.05) is 6.92 Å². The molecule has 0 saturated carbocycles. The van der Waals surface area contributed by atoms with Crippen molar-refractivity contribution in [3.63, 3.8) is 0 Å². The number of nitrogens with one attached hydrogen (secondary N) is 1. The van der Waals surface area contributed by atoms with E-state index in [9.17, 15) is 4.79 Å². The van der Waals surface area contributed by atoms with Crippen molar-refractivity contribution < 1.29 is 14.3 Å². The molecule has 1 N–H and O–H groups in total. The minimum Gasteiger partial charge on any atom is -0.463 e. The Morgan fingerprint density at radius 2 is 1.94 bits per heavy atom. The van der Waals surface area contributed by atoms with Gasteiger partial charge in [0.05, 0.1) is 18.6 Å². The summed E-state index contributed by atoms with van der Waals surface area (Å²) in [6.07, 6.45) is 0.406. The monoisotopic (exact) mass is 231 g/mol. The topological polar surface area (TPSA) is 47.6 Å². The molecule has 1 atom stereocenters. The van der Waals surface area contributed by atoms with E-state index in [0.29, 0.717) is 19.6 Å². The maximum atomic E-state index is 11.3. The Labute approximate surface area is 98.7 Å². The smallest absolute Gasteiger partial charge is 0.307 e. The second-order valence-corrected chi connectivity index (χ2v) is 4.84. The molecule has 0 saturated heterocycles. The van der Waals surface area contributed by atoms with E-state index in [1.54, 1.807) is 0 Å². The van der Waals surface area contributed by atoms with Crippen LogP contribution < -0.4 is 5.32 Å². The van der Waals surface area contributed by atoms with Crippen LogP contribution in [0.5, 0.6) is 0 Å². The molecule has 4 nitrogen and oxygen atoms in total. The van der Waals surface area contributed by atoms with Gasteiger partial charge in [0.15, 0.2) is 0 Å². The van der Waals surface area contributed by atoms with E-state index in [4.69, 9.17) is 9.47 Å². The molecule has 0 amide bonds. The predicted molar refractivity (Wildman–Crippen MR) is 64.4 cm³/mol. The van der Waals surface area contributed by atoms with Crippen LogP contribution in [0.3, 0.4) is 0 Å². The van der Waals surface area contributed by atoms with Gasteiger partial charge in [0.2, 0.25) is 0 Å². The van der Waals surface area contributed by atoms with Crippen LogP contribution in [0.4, 0.5) is 0 Å². The highest BCUT2D eigenvalue weighted by Crippen LogP contribution is 2.05. The Bertz CT molecular complexity index is 199. The minimum absolute atomic E-state index is 0.168. The average molecular weight is 231 g/mol. The van der Waals surface area contributed by atoms with Crippen molar-refractivity contribution in [3.05, 3.63) is 0 Å². The lowest BCUT2D eigenvalue weighted by atomic mass is 10.2. The molecule has 0 aliphatic rings. The van der Waals surface area contributed by atoms with Crippen LogP contribution in [0.1, 0.15) is 41.0 Å². The van der Waals surface area contributed by atoms with E-state index < -0.39 is 0 Å². The van der Waals surface area contributed by atoms with Crippen molar-refractivity contribution in [2.24, 2.45) is 0 Å². The number of carbonyl (C=O) groups is 1. The van der Waals surface area contributed by atoms with Crippen molar-refractivity contribution in [3.8, 4) is 0 Å². The van der Waals surface area contributed by atoms with Gasteiger partial charge in [-0.2, -0.15) is 0 Å².